The Labute approximate surface area is 66.1 Å². The first-order chi connectivity index (χ1) is 5.04. The molecule has 0 aliphatic heterocycles. The van der Waals surface area contributed by atoms with Crippen LogP contribution in [-0.4, -0.2) is 34.7 Å². The number of carboxylic acid groups (broad SMARTS) is 1. The highest BCUT2D eigenvalue weighted by Crippen LogP contribution is 1.79. The van der Waals surface area contributed by atoms with E-state index in [4.69, 9.17) is 15.1 Å². The van der Waals surface area contributed by atoms with Crippen molar-refractivity contribution >= 4 is 5.97 Å². The molecule has 0 heterocycles. The molecule has 0 spiro atoms. The van der Waals surface area contributed by atoms with Crippen molar-refractivity contribution in [2.75, 3.05) is 13.2 Å². The van der Waals surface area contributed by atoms with E-state index >= 15 is 0 Å². The minimum absolute atomic E-state index is 0.508. The summed E-state index contributed by atoms with van der Waals surface area (Å²) in [4.78, 5) is 13.6. The van der Waals surface area contributed by atoms with Gasteiger partial charge < -0.3 is 5.11 Å². The molecular weight excluding hydrogens is 150 g/mol. The lowest BCUT2D eigenvalue weighted by Gasteiger charge is -2.08. The van der Waals surface area contributed by atoms with Crippen molar-refractivity contribution in [3.8, 4) is 0 Å². The molecule has 0 amide bonds. The molecule has 5 heteroatoms. The van der Waals surface area contributed by atoms with Crippen LogP contribution in [0.4, 0.5) is 0 Å². The Morgan fingerprint density at radius 3 is 2.00 bits per heavy atom. The van der Waals surface area contributed by atoms with Crippen molar-refractivity contribution in [3.63, 3.8) is 0 Å². The number of aliphatic carboxylic acids is 1. The van der Waals surface area contributed by atoms with Gasteiger partial charge in [-0.25, -0.2) is 0 Å². The van der Waals surface area contributed by atoms with Crippen LogP contribution in [0.2, 0.25) is 0 Å². The number of rotatable bonds is 3. The zero-order chi connectivity index (χ0) is 9.28. The first-order valence-electron chi connectivity index (χ1n) is 3.33. The number of carbonyl (C=O) groups is 1. The average molecular weight is 165 g/mol. The van der Waals surface area contributed by atoms with Crippen LogP contribution in [0.3, 0.4) is 0 Å². The first-order valence-corrected chi connectivity index (χ1v) is 3.33. The molecule has 5 nitrogen and oxygen atoms in total. The zero-order valence-corrected chi connectivity index (χ0v) is 7.07. The summed E-state index contributed by atoms with van der Waals surface area (Å²) in [5, 5.41) is 16.7. The van der Waals surface area contributed by atoms with Gasteiger partial charge in [0.1, 0.15) is 0 Å². The van der Waals surface area contributed by atoms with E-state index in [1.165, 1.54) is 0 Å². The summed E-state index contributed by atoms with van der Waals surface area (Å²) in [5.74, 6) is -0.833. The molecule has 0 rings (SSSR count). The molecule has 2 N–H and O–H groups in total. The number of hydrogen-bond acceptors (Lipinski definition) is 4. The molecule has 11 heavy (non-hydrogen) atoms. The van der Waals surface area contributed by atoms with Crippen LogP contribution >= 0.6 is 0 Å². The quantitative estimate of drug-likeness (QED) is 0.603. The Bertz CT molecular complexity index is 92.6. The summed E-state index contributed by atoms with van der Waals surface area (Å²) in [6.45, 7) is 5.73. The van der Waals surface area contributed by atoms with Gasteiger partial charge in [-0.1, -0.05) is 5.23 Å². The lowest BCUT2D eigenvalue weighted by Crippen LogP contribution is -2.18. The van der Waals surface area contributed by atoms with E-state index in [2.05, 4.69) is 4.84 Å². The lowest BCUT2D eigenvalue weighted by molar-refractivity contribution is -0.335. The predicted octanol–water partition coefficient (Wildman–Crippen LogP) is 0.740. The second-order valence-electron chi connectivity index (χ2n) is 1.61. The van der Waals surface area contributed by atoms with Gasteiger partial charge in [-0.2, -0.15) is 0 Å². The van der Waals surface area contributed by atoms with E-state index in [0.29, 0.717) is 13.2 Å². The molecule has 0 unspecified atom stereocenters. The summed E-state index contributed by atoms with van der Waals surface area (Å²) in [7, 11) is 0. The lowest BCUT2D eigenvalue weighted by atomic mass is 10.8. The van der Waals surface area contributed by atoms with E-state index in [9.17, 15) is 0 Å². The summed E-state index contributed by atoms with van der Waals surface area (Å²) in [6, 6.07) is 0. The van der Waals surface area contributed by atoms with Crippen molar-refractivity contribution in [2.24, 2.45) is 0 Å². The van der Waals surface area contributed by atoms with Crippen LogP contribution in [0, 0.1) is 0 Å². The largest absolute Gasteiger partial charge is 0.481 e. The number of carboxylic acids is 1. The normalized spacial score (nSPS) is 8.82. The Hall–Kier alpha value is -0.650. The fourth-order valence-corrected chi connectivity index (χ4v) is 0.240. The molecule has 0 saturated carbocycles. The highest BCUT2D eigenvalue weighted by Gasteiger charge is 1.88. The fourth-order valence-electron chi connectivity index (χ4n) is 0.240. The molecule has 0 radical (unpaired) electrons. The second-order valence-corrected chi connectivity index (χ2v) is 1.61. The van der Waals surface area contributed by atoms with Gasteiger partial charge in [-0.3, -0.25) is 14.8 Å². The number of hydroxylamine groups is 2. The predicted molar refractivity (Wildman–Crippen MR) is 39.1 cm³/mol. The third kappa shape index (κ3) is 26.7. The standard InChI is InChI=1S/C4H11NO2.C2H4O2/c1-3-5(6)7-4-2;1-2(3)4/h6H,3-4H2,1-2H3;1H3,(H,3,4). The SMILES string of the molecule is CC(=O)O.CCON(O)CC. The van der Waals surface area contributed by atoms with Gasteiger partial charge in [-0.15, -0.1) is 0 Å². The molecule has 0 atom stereocenters. The maximum Gasteiger partial charge on any atom is 0.300 e. The van der Waals surface area contributed by atoms with E-state index in [0.717, 1.165) is 12.2 Å². The zero-order valence-electron chi connectivity index (χ0n) is 7.07. The molecule has 0 aliphatic carbocycles. The van der Waals surface area contributed by atoms with Crippen LogP contribution in [0.1, 0.15) is 20.8 Å². The Balaban J connectivity index is 0. The van der Waals surface area contributed by atoms with Gasteiger partial charge in [0.05, 0.1) is 6.61 Å². The maximum atomic E-state index is 9.00. The molecule has 0 aromatic heterocycles. The molecule has 0 bridgehead atoms. The van der Waals surface area contributed by atoms with Crippen LogP contribution in [-0.2, 0) is 9.63 Å². The van der Waals surface area contributed by atoms with Gasteiger partial charge in [0, 0.05) is 13.5 Å². The van der Waals surface area contributed by atoms with Crippen molar-refractivity contribution in [3.05, 3.63) is 0 Å². The molecule has 68 valence electrons. The minimum Gasteiger partial charge on any atom is -0.481 e. The van der Waals surface area contributed by atoms with Gasteiger partial charge in [0.15, 0.2) is 0 Å². The fraction of sp³-hybridized carbons (Fsp3) is 0.833. The van der Waals surface area contributed by atoms with E-state index in [1.54, 1.807) is 6.92 Å². The van der Waals surface area contributed by atoms with Crippen molar-refractivity contribution < 1.29 is 19.9 Å². The van der Waals surface area contributed by atoms with E-state index < -0.39 is 5.97 Å². The van der Waals surface area contributed by atoms with Gasteiger partial charge >= 0.3 is 0 Å². The van der Waals surface area contributed by atoms with Gasteiger partial charge in [0.25, 0.3) is 5.97 Å². The number of nitrogens with zero attached hydrogens (tertiary/aromatic N) is 1. The van der Waals surface area contributed by atoms with E-state index in [1.807, 2.05) is 6.92 Å². The maximum absolute atomic E-state index is 9.00. The van der Waals surface area contributed by atoms with E-state index in [-0.39, 0.29) is 0 Å². The van der Waals surface area contributed by atoms with Gasteiger partial charge in [0.2, 0.25) is 0 Å². The van der Waals surface area contributed by atoms with Crippen molar-refractivity contribution in [1.82, 2.24) is 5.23 Å². The Morgan fingerprint density at radius 1 is 1.55 bits per heavy atom. The smallest absolute Gasteiger partial charge is 0.300 e. The first kappa shape index (κ1) is 13.0. The summed E-state index contributed by atoms with van der Waals surface area (Å²) < 4.78 is 0. The molecule has 0 aromatic carbocycles. The summed E-state index contributed by atoms with van der Waals surface area (Å²) >= 11 is 0. The second kappa shape index (κ2) is 9.35. The molecule has 0 aromatic rings. The van der Waals surface area contributed by atoms with Crippen LogP contribution in [0.25, 0.3) is 0 Å². The highest BCUT2D eigenvalue weighted by molar-refractivity contribution is 5.62. The van der Waals surface area contributed by atoms with Crippen molar-refractivity contribution in [2.45, 2.75) is 20.8 Å². The molecule has 0 aliphatic rings. The third-order valence-electron chi connectivity index (χ3n) is 0.549. The van der Waals surface area contributed by atoms with Crippen LogP contribution in [0.5, 0.6) is 0 Å². The number of hydrogen-bond donors (Lipinski definition) is 2. The molecule has 0 saturated heterocycles. The Kier molecular flexibility index (Phi) is 11.0. The summed E-state index contributed by atoms with van der Waals surface area (Å²) in [6.07, 6.45) is 0. The minimum atomic E-state index is -0.833. The average Bonchev–Trinajstić information content (AvgIpc) is 1.87. The summed E-state index contributed by atoms with van der Waals surface area (Å²) in [5.41, 5.74) is 0. The van der Waals surface area contributed by atoms with Crippen molar-refractivity contribution in [1.29, 1.82) is 0 Å². The van der Waals surface area contributed by atoms with Crippen LogP contribution < -0.4 is 0 Å². The topological polar surface area (TPSA) is 70.0 Å². The van der Waals surface area contributed by atoms with Crippen LogP contribution in [0.15, 0.2) is 0 Å². The molecule has 0 fully saturated rings. The molecular formula is C6H15NO4. The van der Waals surface area contributed by atoms with Gasteiger partial charge in [-0.05, 0) is 13.8 Å². The Morgan fingerprint density at radius 2 is 1.91 bits per heavy atom. The highest BCUT2D eigenvalue weighted by atomic mass is 16.9. The third-order valence-corrected chi connectivity index (χ3v) is 0.549. The monoisotopic (exact) mass is 165 g/mol.